The summed E-state index contributed by atoms with van der Waals surface area (Å²) in [6.45, 7) is -0.0577. The van der Waals surface area contributed by atoms with Gasteiger partial charge < -0.3 is 10.4 Å². The number of aliphatic hydroxyl groups is 1. The van der Waals surface area contributed by atoms with Crippen LogP contribution in [0.15, 0.2) is 36.4 Å². The standard InChI is InChI=1S/C16H16FNO2/c17-14-7-6-13(11-4-1-2-5-12(11)14)15(20)18-16(10-19)8-3-9-16/h1-2,4-7,19H,3,8-10H2,(H,18,20). The molecule has 0 aromatic heterocycles. The van der Waals surface area contributed by atoms with Crippen LogP contribution < -0.4 is 5.32 Å². The van der Waals surface area contributed by atoms with Gasteiger partial charge in [-0.3, -0.25) is 4.79 Å². The monoisotopic (exact) mass is 273 g/mol. The number of halogens is 1. The predicted octanol–water partition coefficient (Wildman–Crippen LogP) is 2.62. The number of nitrogens with one attached hydrogen (secondary N) is 1. The van der Waals surface area contributed by atoms with Gasteiger partial charge in [0.05, 0.1) is 12.1 Å². The summed E-state index contributed by atoms with van der Waals surface area (Å²) in [5.41, 5.74) is -0.0474. The van der Waals surface area contributed by atoms with E-state index in [1.807, 2.05) is 0 Å². The van der Waals surface area contributed by atoms with E-state index in [4.69, 9.17) is 0 Å². The fourth-order valence-corrected chi connectivity index (χ4v) is 2.69. The van der Waals surface area contributed by atoms with Gasteiger partial charge in [0, 0.05) is 10.9 Å². The first kappa shape index (κ1) is 13.1. The summed E-state index contributed by atoms with van der Waals surface area (Å²) in [6, 6.07) is 9.73. The maximum atomic E-state index is 13.7. The van der Waals surface area contributed by atoms with Gasteiger partial charge in [-0.1, -0.05) is 24.3 Å². The van der Waals surface area contributed by atoms with E-state index in [0.29, 0.717) is 16.3 Å². The molecule has 1 fully saturated rings. The third-order valence-electron chi connectivity index (χ3n) is 4.11. The van der Waals surface area contributed by atoms with Crippen molar-refractivity contribution in [1.82, 2.24) is 5.32 Å². The number of hydrogen-bond donors (Lipinski definition) is 2. The van der Waals surface area contributed by atoms with Crippen LogP contribution in [0, 0.1) is 5.82 Å². The van der Waals surface area contributed by atoms with Gasteiger partial charge in [-0.25, -0.2) is 4.39 Å². The second kappa shape index (κ2) is 4.87. The average molecular weight is 273 g/mol. The van der Waals surface area contributed by atoms with E-state index in [1.165, 1.54) is 12.1 Å². The van der Waals surface area contributed by atoms with Crippen LogP contribution >= 0.6 is 0 Å². The highest BCUT2D eigenvalue weighted by molar-refractivity contribution is 6.07. The number of carbonyl (C=O) groups excluding carboxylic acids is 1. The highest BCUT2D eigenvalue weighted by atomic mass is 19.1. The molecule has 20 heavy (non-hydrogen) atoms. The molecule has 0 heterocycles. The largest absolute Gasteiger partial charge is 0.394 e. The third kappa shape index (κ3) is 2.06. The second-order valence-corrected chi connectivity index (χ2v) is 5.39. The Morgan fingerprint density at radius 3 is 2.50 bits per heavy atom. The lowest BCUT2D eigenvalue weighted by Crippen LogP contribution is -2.56. The Balaban J connectivity index is 1.98. The molecule has 0 spiro atoms. The first-order valence-electron chi connectivity index (χ1n) is 6.76. The number of rotatable bonds is 3. The molecule has 0 atom stereocenters. The van der Waals surface area contributed by atoms with Crippen LogP contribution in [0.3, 0.4) is 0 Å². The zero-order chi connectivity index (χ0) is 14.2. The molecule has 2 N–H and O–H groups in total. The number of amides is 1. The lowest BCUT2D eigenvalue weighted by molar-refractivity contribution is 0.0643. The summed E-state index contributed by atoms with van der Waals surface area (Å²) < 4.78 is 13.7. The fraction of sp³-hybridized carbons (Fsp3) is 0.312. The van der Waals surface area contributed by atoms with Crippen molar-refractivity contribution in [3.05, 3.63) is 47.8 Å². The van der Waals surface area contributed by atoms with Crippen molar-refractivity contribution in [1.29, 1.82) is 0 Å². The van der Waals surface area contributed by atoms with Crippen LogP contribution in [-0.4, -0.2) is 23.2 Å². The Labute approximate surface area is 116 Å². The highest BCUT2D eigenvalue weighted by Gasteiger charge is 2.38. The molecule has 1 amide bonds. The molecular formula is C16H16FNO2. The van der Waals surface area contributed by atoms with Crippen LogP contribution in [0.4, 0.5) is 4.39 Å². The molecule has 1 saturated carbocycles. The molecular weight excluding hydrogens is 257 g/mol. The van der Waals surface area contributed by atoms with Gasteiger partial charge in [0.2, 0.25) is 0 Å². The number of hydrogen-bond acceptors (Lipinski definition) is 2. The summed E-state index contributed by atoms with van der Waals surface area (Å²) in [7, 11) is 0. The van der Waals surface area contributed by atoms with E-state index < -0.39 is 5.54 Å². The quantitative estimate of drug-likeness (QED) is 0.903. The molecule has 2 aromatic carbocycles. The molecule has 104 valence electrons. The van der Waals surface area contributed by atoms with Crippen molar-refractivity contribution in [3.63, 3.8) is 0 Å². The van der Waals surface area contributed by atoms with Crippen LogP contribution in [-0.2, 0) is 0 Å². The van der Waals surface area contributed by atoms with E-state index in [9.17, 15) is 14.3 Å². The first-order chi connectivity index (χ1) is 9.65. The third-order valence-corrected chi connectivity index (χ3v) is 4.11. The molecule has 0 bridgehead atoms. The topological polar surface area (TPSA) is 49.3 Å². The van der Waals surface area contributed by atoms with Crippen LogP contribution in [0.1, 0.15) is 29.6 Å². The van der Waals surface area contributed by atoms with Crippen molar-refractivity contribution in [2.24, 2.45) is 0 Å². The Kier molecular flexibility index (Phi) is 3.18. The van der Waals surface area contributed by atoms with Gasteiger partial charge in [-0.05, 0) is 36.8 Å². The maximum Gasteiger partial charge on any atom is 0.252 e. The molecule has 1 aliphatic carbocycles. The van der Waals surface area contributed by atoms with Crippen molar-refractivity contribution < 1.29 is 14.3 Å². The lowest BCUT2D eigenvalue weighted by atomic mass is 9.77. The van der Waals surface area contributed by atoms with Gasteiger partial charge in [0.1, 0.15) is 5.82 Å². The SMILES string of the molecule is O=C(NC1(CO)CCC1)c1ccc(F)c2ccccc12. The van der Waals surface area contributed by atoms with E-state index in [-0.39, 0.29) is 18.3 Å². The Morgan fingerprint density at radius 1 is 1.20 bits per heavy atom. The molecule has 0 saturated heterocycles. The summed E-state index contributed by atoms with van der Waals surface area (Å²) >= 11 is 0. The minimum atomic E-state index is -0.493. The van der Waals surface area contributed by atoms with Crippen molar-refractivity contribution in [2.45, 2.75) is 24.8 Å². The highest BCUT2D eigenvalue weighted by Crippen LogP contribution is 2.32. The zero-order valence-corrected chi connectivity index (χ0v) is 11.0. The van der Waals surface area contributed by atoms with Crippen molar-refractivity contribution in [2.75, 3.05) is 6.61 Å². The van der Waals surface area contributed by atoms with E-state index in [1.54, 1.807) is 24.3 Å². The molecule has 4 heteroatoms. The first-order valence-corrected chi connectivity index (χ1v) is 6.76. The normalized spacial score (nSPS) is 16.7. The van der Waals surface area contributed by atoms with Crippen LogP contribution in [0.25, 0.3) is 10.8 Å². The predicted molar refractivity (Wildman–Crippen MR) is 75.0 cm³/mol. The number of aliphatic hydroxyl groups excluding tert-OH is 1. The molecule has 3 rings (SSSR count). The minimum Gasteiger partial charge on any atom is -0.394 e. The molecule has 0 unspecified atom stereocenters. The van der Waals surface area contributed by atoms with E-state index in [0.717, 1.165) is 19.3 Å². The maximum absolute atomic E-state index is 13.7. The van der Waals surface area contributed by atoms with Gasteiger partial charge in [0.25, 0.3) is 5.91 Å². The van der Waals surface area contributed by atoms with Gasteiger partial charge in [-0.2, -0.15) is 0 Å². The van der Waals surface area contributed by atoms with Crippen LogP contribution in [0.5, 0.6) is 0 Å². The Bertz CT molecular complexity index is 659. The number of fused-ring (bicyclic) bond motifs is 1. The van der Waals surface area contributed by atoms with Crippen molar-refractivity contribution in [3.8, 4) is 0 Å². The van der Waals surface area contributed by atoms with Gasteiger partial charge in [-0.15, -0.1) is 0 Å². The Morgan fingerprint density at radius 2 is 1.90 bits per heavy atom. The Hall–Kier alpha value is -1.94. The van der Waals surface area contributed by atoms with Gasteiger partial charge >= 0.3 is 0 Å². The van der Waals surface area contributed by atoms with Gasteiger partial charge in [0.15, 0.2) is 0 Å². The average Bonchev–Trinajstić information content (AvgIpc) is 2.43. The second-order valence-electron chi connectivity index (χ2n) is 5.39. The van der Waals surface area contributed by atoms with Crippen LogP contribution in [0.2, 0.25) is 0 Å². The summed E-state index contributed by atoms with van der Waals surface area (Å²) in [4.78, 5) is 12.4. The summed E-state index contributed by atoms with van der Waals surface area (Å²) in [6.07, 6.45) is 2.58. The summed E-state index contributed by atoms with van der Waals surface area (Å²) in [5.74, 6) is -0.590. The van der Waals surface area contributed by atoms with E-state index >= 15 is 0 Å². The molecule has 0 radical (unpaired) electrons. The molecule has 1 aliphatic rings. The smallest absolute Gasteiger partial charge is 0.252 e. The molecule has 2 aromatic rings. The van der Waals surface area contributed by atoms with Crippen molar-refractivity contribution >= 4 is 16.7 Å². The molecule has 3 nitrogen and oxygen atoms in total. The minimum absolute atomic E-state index is 0.0577. The summed E-state index contributed by atoms with van der Waals surface area (Å²) in [5, 5.41) is 13.3. The molecule has 0 aliphatic heterocycles. The number of carbonyl (C=O) groups is 1. The van der Waals surface area contributed by atoms with E-state index in [2.05, 4.69) is 5.32 Å². The fourth-order valence-electron chi connectivity index (χ4n) is 2.69. The number of benzene rings is 2. The lowest BCUT2D eigenvalue weighted by Gasteiger charge is -2.41. The zero-order valence-electron chi connectivity index (χ0n) is 11.0.